The first-order chi connectivity index (χ1) is 6.52. The second kappa shape index (κ2) is 6.75. The lowest BCUT2D eigenvalue weighted by molar-refractivity contribution is -0.120. The van der Waals surface area contributed by atoms with E-state index in [4.69, 9.17) is 5.11 Å². The van der Waals surface area contributed by atoms with Gasteiger partial charge in [0.05, 0.1) is 18.8 Å². The van der Waals surface area contributed by atoms with E-state index in [0.29, 0.717) is 6.54 Å². The van der Waals surface area contributed by atoms with Gasteiger partial charge in [-0.1, -0.05) is 6.92 Å². The van der Waals surface area contributed by atoms with Crippen molar-refractivity contribution in [1.82, 2.24) is 10.6 Å². The van der Waals surface area contributed by atoms with Gasteiger partial charge < -0.3 is 20.8 Å². The predicted molar refractivity (Wildman–Crippen MR) is 53.9 cm³/mol. The molecule has 0 saturated heterocycles. The van der Waals surface area contributed by atoms with Crippen molar-refractivity contribution in [3.63, 3.8) is 0 Å². The summed E-state index contributed by atoms with van der Waals surface area (Å²) in [5, 5.41) is 23.5. The van der Waals surface area contributed by atoms with Crippen LogP contribution in [0.4, 0.5) is 0 Å². The van der Waals surface area contributed by atoms with Gasteiger partial charge in [0, 0.05) is 13.1 Å². The highest BCUT2D eigenvalue weighted by atomic mass is 16.3. The highest BCUT2D eigenvalue weighted by Gasteiger charge is 2.18. The summed E-state index contributed by atoms with van der Waals surface area (Å²) in [6.07, 6.45) is 0.903. The van der Waals surface area contributed by atoms with E-state index in [1.54, 1.807) is 0 Å². The average molecular weight is 204 g/mol. The zero-order chi connectivity index (χ0) is 11.0. The summed E-state index contributed by atoms with van der Waals surface area (Å²) in [6, 6.07) is 0. The third kappa shape index (κ3) is 6.82. The monoisotopic (exact) mass is 204 g/mol. The molecule has 5 heteroatoms. The third-order valence-corrected chi connectivity index (χ3v) is 1.70. The van der Waals surface area contributed by atoms with E-state index >= 15 is 0 Å². The number of carbonyl (C=O) groups excluding carboxylic acids is 1. The first-order valence-corrected chi connectivity index (χ1v) is 4.82. The van der Waals surface area contributed by atoms with Gasteiger partial charge in [0.1, 0.15) is 0 Å². The van der Waals surface area contributed by atoms with Crippen LogP contribution in [0.3, 0.4) is 0 Å². The Kier molecular flexibility index (Phi) is 6.44. The van der Waals surface area contributed by atoms with Crippen molar-refractivity contribution in [2.45, 2.75) is 25.9 Å². The molecule has 0 aliphatic carbocycles. The molecule has 1 atom stereocenters. The molecule has 0 rings (SSSR count). The fraction of sp³-hybridized carbons (Fsp3) is 0.889. The first kappa shape index (κ1) is 13.4. The summed E-state index contributed by atoms with van der Waals surface area (Å²) < 4.78 is 0. The number of hydrogen-bond acceptors (Lipinski definition) is 4. The van der Waals surface area contributed by atoms with Gasteiger partial charge in [-0.05, 0) is 13.3 Å². The lowest BCUT2D eigenvalue weighted by Gasteiger charge is -2.20. The molecule has 0 saturated carbocycles. The summed E-state index contributed by atoms with van der Waals surface area (Å²) in [5.74, 6) is -0.0967. The molecule has 0 aromatic carbocycles. The Hall–Kier alpha value is -0.650. The topological polar surface area (TPSA) is 81.6 Å². The maximum Gasteiger partial charge on any atom is 0.233 e. The number of aliphatic hydroxyl groups excluding tert-OH is 1. The molecular formula is C9H20N2O3. The molecular weight excluding hydrogens is 184 g/mol. The largest absolute Gasteiger partial charge is 0.393 e. The maximum atomic E-state index is 11.1. The molecule has 0 aromatic heterocycles. The molecule has 0 bridgehead atoms. The van der Waals surface area contributed by atoms with Crippen LogP contribution in [-0.4, -0.2) is 48.0 Å². The van der Waals surface area contributed by atoms with Crippen molar-refractivity contribution in [1.29, 1.82) is 0 Å². The van der Waals surface area contributed by atoms with Crippen molar-refractivity contribution >= 4 is 5.91 Å². The van der Waals surface area contributed by atoms with Gasteiger partial charge in [0.2, 0.25) is 5.91 Å². The van der Waals surface area contributed by atoms with Crippen LogP contribution >= 0.6 is 0 Å². The maximum absolute atomic E-state index is 11.1. The molecule has 4 N–H and O–H groups in total. The van der Waals surface area contributed by atoms with Crippen LogP contribution in [-0.2, 0) is 4.79 Å². The van der Waals surface area contributed by atoms with E-state index in [2.05, 4.69) is 10.6 Å². The fourth-order valence-corrected chi connectivity index (χ4v) is 0.828. The molecule has 1 unspecified atom stereocenters. The summed E-state index contributed by atoms with van der Waals surface area (Å²) in [5.41, 5.74) is -1.16. The Balaban J connectivity index is 3.49. The average Bonchev–Trinajstić information content (AvgIpc) is 2.14. The summed E-state index contributed by atoms with van der Waals surface area (Å²) in [7, 11) is 0. The van der Waals surface area contributed by atoms with Gasteiger partial charge in [-0.25, -0.2) is 0 Å². The molecule has 0 fully saturated rings. The quantitative estimate of drug-likeness (QED) is 0.422. The van der Waals surface area contributed by atoms with Crippen molar-refractivity contribution in [3.05, 3.63) is 0 Å². The summed E-state index contributed by atoms with van der Waals surface area (Å²) in [4.78, 5) is 11.1. The highest BCUT2D eigenvalue weighted by Crippen LogP contribution is 1.97. The molecule has 0 spiro atoms. The van der Waals surface area contributed by atoms with Crippen molar-refractivity contribution in [2.75, 3.05) is 26.2 Å². The zero-order valence-electron chi connectivity index (χ0n) is 8.84. The number of nitrogens with one attached hydrogen (secondary N) is 2. The van der Waals surface area contributed by atoms with Crippen LogP contribution in [0.5, 0.6) is 0 Å². The highest BCUT2D eigenvalue weighted by molar-refractivity contribution is 5.77. The molecule has 0 aromatic rings. The number of carbonyl (C=O) groups is 1. The zero-order valence-corrected chi connectivity index (χ0v) is 8.84. The van der Waals surface area contributed by atoms with E-state index in [1.165, 1.54) is 6.92 Å². The number of aliphatic hydroxyl groups is 2. The van der Waals surface area contributed by atoms with Gasteiger partial charge in [-0.15, -0.1) is 0 Å². The summed E-state index contributed by atoms with van der Waals surface area (Å²) in [6.45, 7) is 4.18. The molecule has 0 radical (unpaired) electrons. The van der Waals surface area contributed by atoms with E-state index in [0.717, 1.165) is 6.42 Å². The molecule has 5 nitrogen and oxygen atoms in total. The van der Waals surface area contributed by atoms with Gasteiger partial charge in [0.25, 0.3) is 0 Å². The minimum atomic E-state index is -1.16. The number of hydrogen-bond donors (Lipinski definition) is 4. The van der Waals surface area contributed by atoms with Crippen LogP contribution < -0.4 is 10.6 Å². The predicted octanol–water partition coefficient (Wildman–Crippen LogP) is -1.15. The van der Waals surface area contributed by atoms with Crippen molar-refractivity contribution in [2.24, 2.45) is 0 Å². The van der Waals surface area contributed by atoms with Gasteiger partial charge in [-0.2, -0.15) is 0 Å². The minimum Gasteiger partial charge on any atom is -0.393 e. The standard InChI is InChI=1S/C9H20N2O3/c1-3-4-11-8(13)5-10-6-9(2,14)7-12/h10,12,14H,3-7H2,1-2H3,(H,11,13). The van der Waals surface area contributed by atoms with E-state index in [1.807, 2.05) is 6.92 Å². The normalized spacial score (nSPS) is 14.9. The van der Waals surface area contributed by atoms with E-state index in [-0.39, 0.29) is 25.6 Å². The van der Waals surface area contributed by atoms with Gasteiger partial charge in [0.15, 0.2) is 0 Å². The fourth-order valence-electron chi connectivity index (χ4n) is 0.828. The van der Waals surface area contributed by atoms with Crippen molar-refractivity contribution < 1.29 is 15.0 Å². The number of rotatable bonds is 7. The van der Waals surface area contributed by atoms with Crippen LogP contribution in [0, 0.1) is 0 Å². The number of amides is 1. The molecule has 0 aliphatic heterocycles. The van der Waals surface area contributed by atoms with Crippen LogP contribution in [0.25, 0.3) is 0 Å². The molecule has 14 heavy (non-hydrogen) atoms. The molecule has 0 heterocycles. The van der Waals surface area contributed by atoms with Crippen LogP contribution in [0.15, 0.2) is 0 Å². The molecule has 84 valence electrons. The molecule has 0 aliphatic rings. The lowest BCUT2D eigenvalue weighted by atomic mass is 10.1. The van der Waals surface area contributed by atoms with Crippen LogP contribution in [0.2, 0.25) is 0 Å². The Morgan fingerprint density at radius 3 is 2.64 bits per heavy atom. The van der Waals surface area contributed by atoms with Crippen LogP contribution in [0.1, 0.15) is 20.3 Å². The Bertz CT molecular complexity index is 171. The van der Waals surface area contributed by atoms with Gasteiger partial charge in [-0.3, -0.25) is 4.79 Å². The Morgan fingerprint density at radius 1 is 1.50 bits per heavy atom. The minimum absolute atomic E-state index is 0.0967. The smallest absolute Gasteiger partial charge is 0.233 e. The third-order valence-electron chi connectivity index (χ3n) is 1.70. The molecule has 1 amide bonds. The second-order valence-electron chi connectivity index (χ2n) is 3.61. The van der Waals surface area contributed by atoms with Crippen molar-refractivity contribution in [3.8, 4) is 0 Å². The van der Waals surface area contributed by atoms with E-state index in [9.17, 15) is 9.90 Å². The Morgan fingerprint density at radius 2 is 2.14 bits per heavy atom. The lowest BCUT2D eigenvalue weighted by Crippen LogP contribution is -2.44. The SMILES string of the molecule is CCCNC(=O)CNCC(C)(O)CO. The first-order valence-electron chi connectivity index (χ1n) is 4.82. The Labute approximate surface area is 84.5 Å². The van der Waals surface area contributed by atoms with Gasteiger partial charge >= 0.3 is 0 Å². The summed E-state index contributed by atoms with van der Waals surface area (Å²) >= 11 is 0. The second-order valence-corrected chi connectivity index (χ2v) is 3.61. The van der Waals surface area contributed by atoms with E-state index < -0.39 is 5.60 Å².